The van der Waals surface area contributed by atoms with E-state index in [-0.39, 0.29) is 0 Å². The molecule has 0 fully saturated rings. The molecule has 3 aromatic heterocycles. The van der Waals surface area contributed by atoms with Gasteiger partial charge in [0.15, 0.2) is 17.5 Å². The number of hydrogen-bond acceptors (Lipinski definition) is 5. The molecule has 6 nitrogen and oxygen atoms in total. The summed E-state index contributed by atoms with van der Waals surface area (Å²) in [7, 11) is 0. The highest BCUT2D eigenvalue weighted by molar-refractivity contribution is 6.14. The first-order valence-corrected chi connectivity index (χ1v) is 17.1. The summed E-state index contributed by atoms with van der Waals surface area (Å²) in [5.41, 5.74) is 9.85. The second kappa shape index (κ2) is 11.9. The van der Waals surface area contributed by atoms with Crippen molar-refractivity contribution in [2.75, 3.05) is 0 Å². The predicted molar refractivity (Wildman–Crippen MR) is 208 cm³/mol. The Kier molecular flexibility index (Phi) is 6.76. The van der Waals surface area contributed by atoms with E-state index in [9.17, 15) is 5.26 Å². The minimum absolute atomic E-state index is 0.497. The van der Waals surface area contributed by atoms with E-state index in [0.29, 0.717) is 34.2 Å². The van der Waals surface area contributed by atoms with Crippen LogP contribution in [0.3, 0.4) is 0 Å². The minimum atomic E-state index is 0.497. The van der Waals surface area contributed by atoms with E-state index in [1.165, 1.54) is 5.39 Å². The average Bonchev–Trinajstić information content (AvgIpc) is 3.77. The number of nitriles is 1. The molecule has 0 saturated heterocycles. The predicted octanol–water partition coefficient (Wildman–Crippen LogP) is 11.4. The standard InChI is InChI=1S/C46H27N5O/c47-28-33-13-9-19-40-42(33)43-37(17-10-20-41(43)52-40)46-49-44(31-23-21-30(22-24-31)29-11-3-1-4-12-29)48-45(50-46)32-25-26-36-35-16-7-8-18-38(35)51(39(36)27-32)34-14-5-2-6-15-34/h1-27H. The zero-order valence-corrected chi connectivity index (χ0v) is 27.7. The Morgan fingerprint density at radius 3 is 1.85 bits per heavy atom. The Labute approximate surface area is 298 Å². The number of hydrogen-bond donors (Lipinski definition) is 0. The fraction of sp³-hybridized carbons (Fsp3) is 0. The number of nitrogens with zero attached hydrogens (tertiary/aromatic N) is 5. The number of rotatable bonds is 5. The number of furan rings is 1. The van der Waals surface area contributed by atoms with Crippen molar-refractivity contribution in [1.82, 2.24) is 19.5 Å². The zero-order valence-electron chi connectivity index (χ0n) is 27.7. The second-order valence-electron chi connectivity index (χ2n) is 12.7. The largest absolute Gasteiger partial charge is 0.456 e. The molecule has 0 N–H and O–H groups in total. The Balaban J connectivity index is 1.22. The van der Waals surface area contributed by atoms with Gasteiger partial charge in [0, 0.05) is 43.9 Å². The lowest BCUT2D eigenvalue weighted by molar-refractivity contribution is 0.669. The van der Waals surface area contributed by atoms with Crippen LogP contribution >= 0.6 is 0 Å². The van der Waals surface area contributed by atoms with E-state index >= 15 is 0 Å². The molecule has 0 bridgehead atoms. The van der Waals surface area contributed by atoms with Crippen LogP contribution in [0.2, 0.25) is 0 Å². The van der Waals surface area contributed by atoms with Crippen LogP contribution in [0, 0.1) is 11.3 Å². The summed E-state index contributed by atoms with van der Waals surface area (Å²) in [6, 6.07) is 57.7. The normalized spacial score (nSPS) is 11.4. The molecule has 6 heteroatoms. The van der Waals surface area contributed by atoms with Crippen molar-refractivity contribution < 1.29 is 4.42 Å². The Morgan fingerprint density at radius 1 is 0.462 bits per heavy atom. The smallest absolute Gasteiger partial charge is 0.164 e. The summed E-state index contributed by atoms with van der Waals surface area (Å²) in [6.45, 7) is 0. The lowest BCUT2D eigenvalue weighted by Crippen LogP contribution is -2.01. The molecule has 0 aliphatic carbocycles. The van der Waals surface area contributed by atoms with E-state index in [4.69, 9.17) is 19.4 Å². The SMILES string of the molecule is N#Cc1cccc2oc3cccc(-c4nc(-c5ccc(-c6ccccc6)cc5)nc(-c5ccc6c7ccccc7n(-c7ccccc7)c6c5)n4)c3c12. The van der Waals surface area contributed by atoms with Gasteiger partial charge in [-0.05, 0) is 53.6 Å². The van der Waals surface area contributed by atoms with Crippen LogP contribution in [0.5, 0.6) is 0 Å². The fourth-order valence-corrected chi connectivity index (χ4v) is 7.31. The quantitative estimate of drug-likeness (QED) is 0.183. The fourth-order valence-electron chi connectivity index (χ4n) is 7.31. The van der Waals surface area contributed by atoms with Crippen molar-refractivity contribution in [2.45, 2.75) is 0 Å². The van der Waals surface area contributed by atoms with Gasteiger partial charge in [-0.25, -0.2) is 15.0 Å². The van der Waals surface area contributed by atoms with Crippen molar-refractivity contribution in [2.24, 2.45) is 0 Å². The first-order chi connectivity index (χ1) is 25.7. The molecule has 3 heterocycles. The minimum Gasteiger partial charge on any atom is -0.456 e. The van der Waals surface area contributed by atoms with Crippen LogP contribution in [0.25, 0.3) is 94.7 Å². The molecule has 7 aromatic carbocycles. The number of para-hydroxylation sites is 2. The highest BCUT2D eigenvalue weighted by atomic mass is 16.3. The second-order valence-corrected chi connectivity index (χ2v) is 12.7. The third-order valence-corrected chi connectivity index (χ3v) is 9.72. The molecule has 10 rings (SSSR count). The van der Waals surface area contributed by atoms with Crippen LogP contribution in [0.1, 0.15) is 5.56 Å². The van der Waals surface area contributed by atoms with E-state index in [2.05, 4.69) is 114 Å². The molecule has 242 valence electrons. The van der Waals surface area contributed by atoms with E-state index in [1.54, 1.807) is 0 Å². The van der Waals surface area contributed by atoms with E-state index in [1.807, 2.05) is 60.7 Å². The van der Waals surface area contributed by atoms with E-state index in [0.717, 1.165) is 60.7 Å². The van der Waals surface area contributed by atoms with Crippen LogP contribution in [-0.2, 0) is 0 Å². The van der Waals surface area contributed by atoms with Crippen LogP contribution in [-0.4, -0.2) is 19.5 Å². The highest BCUT2D eigenvalue weighted by Crippen LogP contribution is 2.39. The maximum Gasteiger partial charge on any atom is 0.164 e. The molecule has 0 amide bonds. The summed E-state index contributed by atoms with van der Waals surface area (Å²) in [4.78, 5) is 15.4. The third-order valence-electron chi connectivity index (χ3n) is 9.72. The van der Waals surface area contributed by atoms with Crippen molar-refractivity contribution in [3.63, 3.8) is 0 Å². The lowest BCUT2D eigenvalue weighted by atomic mass is 10.0. The van der Waals surface area contributed by atoms with Gasteiger partial charge < -0.3 is 8.98 Å². The van der Waals surface area contributed by atoms with Gasteiger partial charge in [-0.2, -0.15) is 5.26 Å². The van der Waals surface area contributed by atoms with Gasteiger partial charge in [0.05, 0.1) is 22.7 Å². The van der Waals surface area contributed by atoms with Crippen LogP contribution in [0.15, 0.2) is 168 Å². The summed E-state index contributed by atoms with van der Waals surface area (Å²) >= 11 is 0. The Bertz CT molecular complexity index is 3010. The van der Waals surface area contributed by atoms with E-state index < -0.39 is 0 Å². The molecular formula is C46H27N5O. The Hall–Kier alpha value is -7.36. The number of fused-ring (bicyclic) bond motifs is 6. The Morgan fingerprint density at radius 2 is 1.06 bits per heavy atom. The maximum atomic E-state index is 10.1. The third kappa shape index (κ3) is 4.76. The van der Waals surface area contributed by atoms with Crippen molar-refractivity contribution in [1.29, 1.82) is 5.26 Å². The number of aromatic nitrogens is 4. The molecule has 0 aliphatic heterocycles. The first kappa shape index (κ1) is 29.5. The molecule has 52 heavy (non-hydrogen) atoms. The number of benzene rings is 7. The summed E-state index contributed by atoms with van der Waals surface area (Å²) in [5, 5.41) is 13.9. The van der Waals surface area contributed by atoms with Gasteiger partial charge in [0.1, 0.15) is 11.2 Å². The molecule has 0 spiro atoms. The van der Waals surface area contributed by atoms with Crippen molar-refractivity contribution in [3.05, 3.63) is 169 Å². The topological polar surface area (TPSA) is 80.5 Å². The van der Waals surface area contributed by atoms with Gasteiger partial charge in [0.2, 0.25) is 0 Å². The molecule has 0 saturated carbocycles. The molecule has 0 atom stereocenters. The lowest BCUT2D eigenvalue weighted by Gasteiger charge is -2.11. The first-order valence-electron chi connectivity index (χ1n) is 17.1. The summed E-state index contributed by atoms with van der Waals surface area (Å²) in [6.07, 6.45) is 0. The van der Waals surface area contributed by atoms with Crippen LogP contribution in [0.4, 0.5) is 0 Å². The van der Waals surface area contributed by atoms with Gasteiger partial charge in [-0.1, -0.05) is 121 Å². The molecule has 0 unspecified atom stereocenters. The molecule has 10 aromatic rings. The van der Waals surface area contributed by atoms with Crippen molar-refractivity contribution in [3.8, 4) is 57.0 Å². The van der Waals surface area contributed by atoms with Crippen molar-refractivity contribution >= 4 is 43.7 Å². The van der Waals surface area contributed by atoms with Gasteiger partial charge >= 0.3 is 0 Å². The molecule has 0 radical (unpaired) electrons. The summed E-state index contributed by atoms with van der Waals surface area (Å²) in [5.74, 6) is 1.59. The summed E-state index contributed by atoms with van der Waals surface area (Å²) < 4.78 is 8.54. The maximum absolute atomic E-state index is 10.1. The molecule has 0 aliphatic rings. The highest BCUT2D eigenvalue weighted by Gasteiger charge is 2.20. The van der Waals surface area contributed by atoms with Gasteiger partial charge in [0.25, 0.3) is 0 Å². The average molecular weight is 666 g/mol. The van der Waals surface area contributed by atoms with Crippen LogP contribution < -0.4 is 0 Å². The van der Waals surface area contributed by atoms with Gasteiger partial charge in [-0.3, -0.25) is 0 Å². The van der Waals surface area contributed by atoms with Gasteiger partial charge in [-0.15, -0.1) is 0 Å². The zero-order chi connectivity index (χ0) is 34.6. The molecular weight excluding hydrogens is 639 g/mol. The monoisotopic (exact) mass is 665 g/mol.